The lowest BCUT2D eigenvalue weighted by molar-refractivity contribution is 0.600. The first-order valence-electron chi connectivity index (χ1n) is 5.64. The van der Waals surface area contributed by atoms with E-state index in [2.05, 4.69) is 20.0 Å². The van der Waals surface area contributed by atoms with Gasteiger partial charge in [0.25, 0.3) is 10.0 Å². The van der Waals surface area contributed by atoms with E-state index in [1.54, 1.807) is 0 Å². The highest BCUT2D eigenvalue weighted by Crippen LogP contribution is 2.22. The van der Waals surface area contributed by atoms with E-state index in [0.717, 1.165) is 5.01 Å². The Kier molecular flexibility index (Phi) is 3.71. The van der Waals surface area contributed by atoms with Gasteiger partial charge >= 0.3 is 0 Å². The minimum absolute atomic E-state index is 0.0328. The molecule has 0 bridgehead atoms. The molecule has 2 rings (SSSR count). The highest BCUT2D eigenvalue weighted by Gasteiger charge is 2.22. The van der Waals surface area contributed by atoms with Gasteiger partial charge in [0.05, 0.1) is 0 Å². The molecule has 0 atom stereocenters. The SMILES string of the molecule is CCc1nnc(NS(=O)(=O)c2cn(CC)nc2N)s1. The summed E-state index contributed by atoms with van der Waals surface area (Å²) in [5.74, 6) is -0.0328. The number of nitrogen functional groups attached to an aromatic ring is 1. The summed E-state index contributed by atoms with van der Waals surface area (Å²) in [4.78, 5) is -0.0531. The van der Waals surface area contributed by atoms with Crippen LogP contribution in [0.5, 0.6) is 0 Å². The number of anilines is 2. The zero-order chi connectivity index (χ0) is 14.0. The first-order valence-corrected chi connectivity index (χ1v) is 7.94. The Hall–Kier alpha value is -1.68. The third-order valence-corrected chi connectivity index (χ3v) is 4.83. The quantitative estimate of drug-likeness (QED) is 0.840. The van der Waals surface area contributed by atoms with Gasteiger partial charge in [-0.15, -0.1) is 10.2 Å². The van der Waals surface area contributed by atoms with Crippen LogP contribution in [0.1, 0.15) is 18.9 Å². The number of aryl methyl sites for hydroxylation is 2. The average Bonchev–Trinajstić information content (AvgIpc) is 2.95. The van der Waals surface area contributed by atoms with Crippen LogP contribution in [-0.4, -0.2) is 28.4 Å². The number of aromatic nitrogens is 4. The molecule has 0 aromatic carbocycles. The summed E-state index contributed by atoms with van der Waals surface area (Å²) in [5.41, 5.74) is 5.60. The first-order chi connectivity index (χ1) is 8.96. The van der Waals surface area contributed by atoms with E-state index in [-0.39, 0.29) is 15.8 Å². The van der Waals surface area contributed by atoms with Crippen LogP contribution in [0.2, 0.25) is 0 Å². The summed E-state index contributed by atoms with van der Waals surface area (Å²) in [6.07, 6.45) is 2.09. The van der Waals surface area contributed by atoms with E-state index >= 15 is 0 Å². The molecular weight excluding hydrogens is 288 g/mol. The molecule has 0 unspecified atom stereocenters. The topological polar surface area (TPSA) is 116 Å². The number of nitrogens with one attached hydrogen (secondary N) is 1. The molecule has 0 amide bonds. The molecule has 0 fully saturated rings. The maximum atomic E-state index is 12.1. The van der Waals surface area contributed by atoms with Gasteiger partial charge < -0.3 is 5.73 Å². The molecule has 0 saturated heterocycles. The lowest BCUT2D eigenvalue weighted by atomic mass is 10.5. The van der Waals surface area contributed by atoms with Crippen molar-refractivity contribution in [3.63, 3.8) is 0 Å². The van der Waals surface area contributed by atoms with Gasteiger partial charge in [-0.25, -0.2) is 8.42 Å². The van der Waals surface area contributed by atoms with Gasteiger partial charge in [0, 0.05) is 12.7 Å². The fraction of sp³-hybridized carbons (Fsp3) is 0.444. The fourth-order valence-electron chi connectivity index (χ4n) is 1.39. The monoisotopic (exact) mass is 302 g/mol. The summed E-state index contributed by atoms with van der Waals surface area (Å²) in [5, 5.41) is 12.5. The van der Waals surface area contributed by atoms with Gasteiger partial charge in [-0.2, -0.15) is 5.10 Å². The van der Waals surface area contributed by atoms with E-state index in [9.17, 15) is 8.42 Å². The lowest BCUT2D eigenvalue weighted by Crippen LogP contribution is -2.13. The van der Waals surface area contributed by atoms with Crippen LogP contribution < -0.4 is 10.5 Å². The highest BCUT2D eigenvalue weighted by molar-refractivity contribution is 7.93. The molecule has 2 aromatic rings. The standard InChI is InChI=1S/C9H14N6O2S2/c1-3-7-11-12-9(18-7)14-19(16,17)6-5-15(4-2)13-8(6)10/h5H,3-4H2,1-2H3,(H2,10,13)(H,12,14). The summed E-state index contributed by atoms with van der Waals surface area (Å²) in [6, 6.07) is 0. The molecule has 104 valence electrons. The van der Waals surface area contributed by atoms with E-state index in [1.165, 1.54) is 22.2 Å². The second-order valence-corrected chi connectivity index (χ2v) is 6.41. The number of hydrogen-bond donors (Lipinski definition) is 2. The lowest BCUT2D eigenvalue weighted by Gasteiger charge is -2.01. The summed E-state index contributed by atoms with van der Waals surface area (Å²) < 4.78 is 28.1. The van der Waals surface area contributed by atoms with Crippen LogP contribution in [0.15, 0.2) is 11.1 Å². The number of nitrogens with two attached hydrogens (primary N) is 1. The van der Waals surface area contributed by atoms with Gasteiger partial charge in [-0.05, 0) is 13.3 Å². The van der Waals surface area contributed by atoms with Crippen LogP contribution in [0.25, 0.3) is 0 Å². The largest absolute Gasteiger partial charge is 0.381 e. The van der Waals surface area contributed by atoms with E-state index < -0.39 is 10.0 Å². The molecule has 2 heterocycles. The fourth-order valence-corrected chi connectivity index (χ4v) is 3.38. The normalized spacial score (nSPS) is 11.7. The third-order valence-electron chi connectivity index (χ3n) is 2.36. The Morgan fingerprint density at radius 2 is 2.16 bits per heavy atom. The predicted octanol–water partition coefficient (Wildman–Crippen LogP) is 0.700. The molecule has 0 aliphatic rings. The van der Waals surface area contributed by atoms with Gasteiger partial charge in [0.1, 0.15) is 9.90 Å². The molecule has 0 aliphatic heterocycles. The first kappa shape index (κ1) is 13.7. The second kappa shape index (κ2) is 5.13. The van der Waals surface area contributed by atoms with Gasteiger partial charge in [-0.1, -0.05) is 18.3 Å². The molecule has 3 N–H and O–H groups in total. The van der Waals surface area contributed by atoms with Crippen molar-refractivity contribution >= 4 is 32.3 Å². The van der Waals surface area contributed by atoms with E-state index in [4.69, 9.17) is 5.73 Å². The van der Waals surface area contributed by atoms with Crippen molar-refractivity contribution in [2.24, 2.45) is 0 Å². The Morgan fingerprint density at radius 3 is 2.68 bits per heavy atom. The van der Waals surface area contributed by atoms with Crippen LogP contribution in [-0.2, 0) is 23.0 Å². The van der Waals surface area contributed by atoms with Crippen molar-refractivity contribution in [2.75, 3.05) is 10.5 Å². The van der Waals surface area contributed by atoms with E-state index in [0.29, 0.717) is 13.0 Å². The zero-order valence-electron chi connectivity index (χ0n) is 10.5. The van der Waals surface area contributed by atoms with Crippen molar-refractivity contribution in [3.05, 3.63) is 11.2 Å². The Balaban J connectivity index is 2.29. The minimum atomic E-state index is -3.78. The van der Waals surface area contributed by atoms with Gasteiger partial charge in [-0.3, -0.25) is 9.40 Å². The molecule has 19 heavy (non-hydrogen) atoms. The molecule has 8 nitrogen and oxygen atoms in total. The third kappa shape index (κ3) is 2.84. The molecular formula is C9H14N6O2S2. The van der Waals surface area contributed by atoms with Crippen LogP contribution >= 0.6 is 11.3 Å². The summed E-state index contributed by atoms with van der Waals surface area (Å²) >= 11 is 1.19. The molecule has 0 spiro atoms. The maximum Gasteiger partial charge on any atom is 0.268 e. The number of hydrogen-bond acceptors (Lipinski definition) is 7. The molecule has 0 aliphatic carbocycles. The summed E-state index contributed by atoms with van der Waals surface area (Å²) in [6.45, 7) is 4.30. The zero-order valence-corrected chi connectivity index (χ0v) is 12.1. The maximum absolute atomic E-state index is 12.1. The molecule has 2 aromatic heterocycles. The Bertz CT molecular complexity index is 675. The smallest absolute Gasteiger partial charge is 0.268 e. The van der Waals surface area contributed by atoms with Crippen molar-refractivity contribution in [2.45, 2.75) is 31.7 Å². The minimum Gasteiger partial charge on any atom is -0.381 e. The van der Waals surface area contributed by atoms with Gasteiger partial charge in [0.2, 0.25) is 5.13 Å². The summed E-state index contributed by atoms with van der Waals surface area (Å²) in [7, 11) is -3.78. The van der Waals surface area contributed by atoms with Crippen LogP contribution in [0, 0.1) is 0 Å². The number of rotatable bonds is 5. The van der Waals surface area contributed by atoms with Crippen molar-refractivity contribution in [1.29, 1.82) is 0 Å². The second-order valence-electron chi connectivity index (χ2n) is 3.69. The molecule has 0 radical (unpaired) electrons. The number of sulfonamides is 1. The highest BCUT2D eigenvalue weighted by atomic mass is 32.2. The average molecular weight is 302 g/mol. The predicted molar refractivity (Wildman–Crippen MR) is 72.4 cm³/mol. The van der Waals surface area contributed by atoms with Crippen LogP contribution in [0.3, 0.4) is 0 Å². The molecule has 10 heteroatoms. The van der Waals surface area contributed by atoms with Crippen molar-refractivity contribution in [1.82, 2.24) is 20.0 Å². The molecule has 0 saturated carbocycles. The van der Waals surface area contributed by atoms with Gasteiger partial charge in [0.15, 0.2) is 5.82 Å². The van der Waals surface area contributed by atoms with E-state index in [1.807, 2.05) is 13.8 Å². The van der Waals surface area contributed by atoms with Crippen LogP contribution in [0.4, 0.5) is 10.9 Å². The number of nitrogens with zero attached hydrogens (tertiary/aromatic N) is 4. The van der Waals surface area contributed by atoms with Crippen molar-refractivity contribution in [3.8, 4) is 0 Å². The Morgan fingerprint density at radius 1 is 1.42 bits per heavy atom. The Labute approximate surface area is 114 Å². The van der Waals surface area contributed by atoms with Crippen molar-refractivity contribution < 1.29 is 8.42 Å².